The third-order valence-corrected chi connectivity index (χ3v) is 7.01. The van der Waals surface area contributed by atoms with Crippen LogP contribution in [0.15, 0.2) is 53.5 Å². The van der Waals surface area contributed by atoms with Crippen molar-refractivity contribution < 1.29 is 4.79 Å². The zero-order valence-electron chi connectivity index (χ0n) is 18.6. The minimum absolute atomic E-state index is 0.0225. The Labute approximate surface area is 197 Å². The highest BCUT2D eigenvalue weighted by atomic mass is 32.2. The second kappa shape index (κ2) is 9.84. The summed E-state index contributed by atoms with van der Waals surface area (Å²) in [4.78, 5) is 16.8. The van der Waals surface area contributed by atoms with E-state index in [2.05, 4.69) is 68.3 Å². The van der Waals surface area contributed by atoms with Crippen molar-refractivity contribution in [3.63, 3.8) is 0 Å². The number of carbonyl (C=O) groups is 1. The number of nitrogens with zero attached hydrogens (tertiary/aromatic N) is 5. The first-order valence-electron chi connectivity index (χ1n) is 11.5. The second-order valence-electron chi connectivity index (χ2n) is 8.46. The maximum Gasteiger partial charge on any atom is 0.251 e. The lowest BCUT2D eigenvalue weighted by molar-refractivity contribution is -0.118. The number of thioether (sulfide) groups is 1. The fourth-order valence-corrected chi connectivity index (χ4v) is 4.97. The van der Waals surface area contributed by atoms with Crippen LogP contribution in [0.1, 0.15) is 44.6 Å². The van der Waals surface area contributed by atoms with E-state index in [1.54, 1.807) is 11.8 Å². The lowest BCUT2D eigenvalue weighted by Gasteiger charge is -2.19. The molecule has 5 rings (SSSR count). The van der Waals surface area contributed by atoms with E-state index >= 15 is 0 Å². The normalized spacial score (nSPS) is 19.4. The molecule has 1 saturated carbocycles. The van der Waals surface area contributed by atoms with Crippen molar-refractivity contribution in [2.45, 2.75) is 50.9 Å². The van der Waals surface area contributed by atoms with Gasteiger partial charge in [0.15, 0.2) is 11.0 Å². The Hall–Kier alpha value is -3.04. The van der Waals surface area contributed by atoms with Crippen LogP contribution in [0.2, 0.25) is 0 Å². The Kier molecular flexibility index (Phi) is 6.50. The summed E-state index contributed by atoms with van der Waals surface area (Å²) in [6.45, 7) is 2.85. The highest BCUT2D eigenvalue weighted by molar-refractivity contribution is 8.14. The minimum Gasteiger partial charge on any atom is -0.281 e. The summed E-state index contributed by atoms with van der Waals surface area (Å²) in [5, 5.41) is 17.4. The van der Waals surface area contributed by atoms with Crippen LogP contribution in [-0.4, -0.2) is 42.1 Å². The molecule has 9 heteroatoms. The molecular weight excluding hydrogens is 434 g/mol. The standard InChI is InChI=1S/C24H27N7OS/c1-2-3-8-21-28-31(24(33-21)25-23(32)18-13-14-18)15-16-9-11-17(12-10-16)19-6-4-5-7-20(19)22-26-29-30-27-22/h4-7,9-12,18,21,28H,2-3,8,13-15H2,1H3,(H,26,27,29,30). The Morgan fingerprint density at radius 3 is 2.64 bits per heavy atom. The maximum atomic E-state index is 12.3. The molecule has 2 N–H and O–H groups in total. The number of hydrogen-bond acceptors (Lipinski definition) is 6. The van der Waals surface area contributed by atoms with Gasteiger partial charge in [0.2, 0.25) is 0 Å². The van der Waals surface area contributed by atoms with E-state index in [-0.39, 0.29) is 17.2 Å². The van der Waals surface area contributed by atoms with Gasteiger partial charge in [-0.25, -0.2) is 10.5 Å². The van der Waals surface area contributed by atoms with Crippen LogP contribution in [0, 0.1) is 5.92 Å². The number of benzene rings is 2. The summed E-state index contributed by atoms with van der Waals surface area (Å²) in [7, 11) is 0. The highest BCUT2D eigenvalue weighted by Gasteiger charge is 2.33. The van der Waals surface area contributed by atoms with Crippen LogP contribution >= 0.6 is 11.8 Å². The van der Waals surface area contributed by atoms with Crippen LogP contribution in [0.4, 0.5) is 0 Å². The van der Waals surface area contributed by atoms with E-state index in [1.165, 1.54) is 0 Å². The number of aromatic amines is 1. The number of nitrogens with one attached hydrogen (secondary N) is 2. The van der Waals surface area contributed by atoms with E-state index in [1.807, 2.05) is 23.2 Å². The molecule has 2 aliphatic rings. The number of amides is 1. The highest BCUT2D eigenvalue weighted by Crippen LogP contribution is 2.33. The predicted octanol–water partition coefficient (Wildman–Crippen LogP) is 4.40. The Balaban J connectivity index is 1.33. The number of hydrogen-bond donors (Lipinski definition) is 2. The molecule has 2 heterocycles. The summed E-state index contributed by atoms with van der Waals surface area (Å²) >= 11 is 1.67. The molecule has 1 amide bonds. The van der Waals surface area contributed by atoms with Crippen molar-refractivity contribution in [1.29, 1.82) is 0 Å². The zero-order chi connectivity index (χ0) is 22.6. The van der Waals surface area contributed by atoms with Crippen LogP contribution in [0.5, 0.6) is 0 Å². The van der Waals surface area contributed by atoms with E-state index in [9.17, 15) is 4.79 Å². The van der Waals surface area contributed by atoms with E-state index in [0.29, 0.717) is 12.4 Å². The van der Waals surface area contributed by atoms with Gasteiger partial charge >= 0.3 is 0 Å². The fraction of sp³-hybridized carbons (Fsp3) is 0.375. The van der Waals surface area contributed by atoms with Crippen LogP contribution < -0.4 is 5.43 Å². The molecule has 0 bridgehead atoms. The van der Waals surface area contributed by atoms with Gasteiger partial charge in [-0.3, -0.25) is 9.80 Å². The molecule has 170 valence electrons. The molecular formula is C24H27N7OS. The van der Waals surface area contributed by atoms with Crippen molar-refractivity contribution in [1.82, 2.24) is 31.1 Å². The molecule has 2 aromatic carbocycles. The molecule has 1 aliphatic heterocycles. The Morgan fingerprint density at radius 2 is 1.94 bits per heavy atom. The lowest BCUT2D eigenvalue weighted by atomic mass is 9.98. The average Bonchev–Trinajstić information content (AvgIpc) is 3.43. The number of H-pyrrole nitrogens is 1. The largest absolute Gasteiger partial charge is 0.281 e. The van der Waals surface area contributed by atoms with Gasteiger partial charge < -0.3 is 0 Å². The van der Waals surface area contributed by atoms with Gasteiger partial charge in [0, 0.05) is 11.5 Å². The topological polar surface area (TPSA) is 99.2 Å². The second-order valence-corrected chi connectivity index (χ2v) is 9.63. The predicted molar refractivity (Wildman–Crippen MR) is 130 cm³/mol. The molecule has 8 nitrogen and oxygen atoms in total. The van der Waals surface area contributed by atoms with Crippen LogP contribution in [-0.2, 0) is 11.3 Å². The molecule has 0 radical (unpaired) electrons. The van der Waals surface area contributed by atoms with Gasteiger partial charge in [-0.15, -0.1) is 5.10 Å². The molecule has 2 fully saturated rings. The fourth-order valence-electron chi connectivity index (χ4n) is 3.86. The summed E-state index contributed by atoms with van der Waals surface area (Å²) in [6.07, 6.45) is 5.30. The summed E-state index contributed by atoms with van der Waals surface area (Å²) in [5.41, 5.74) is 7.81. The quantitative estimate of drug-likeness (QED) is 0.513. The van der Waals surface area contributed by atoms with Crippen molar-refractivity contribution in [3.05, 3.63) is 54.1 Å². The molecule has 1 saturated heterocycles. The average molecular weight is 462 g/mol. The first kappa shape index (κ1) is 21.8. The summed E-state index contributed by atoms with van der Waals surface area (Å²) in [5.74, 6) is 0.801. The van der Waals surface area contributed by atoms with Crippen molar-refractivity contribution >= 4 is 22.8 Å². The third-order valence-electron chi connectivity index (χ3n) is 5.86. The minimum atomic E-state index is 0.0225. The van der Waals surface area contributed by atoms with Crippen molar-refractivity contribution in [3.8, 4) is 22.5 Å². The third kappa shape index (κ3) is 5.15. The number of rotatable bonds is 8. The SMILES string of the molecule is CCCCC1NN(Cc2ccc(-c3ccccc3-c3nnn[nH]3)cc2)C(=NC(=O)C2CC2)S1. The van der Waals surface area contributed by atoms with Gasteiger partial charge in [-0.05, 0) is 46.4 Å². The van der Waals surface area contributed by atoms with Crippen molar-refractivity contribution in [2.75, 3.05) is 0 Å². The number of aliphatic imine (C=N–C) groups is 1. The number of hydrazine groups is 1. The molecule has 0 spiro atoms. The number of tetrazole rings is 1. The molecule has 1 atom stereocenters. The Morgan fingerprint density at radius 1 is 1.15 bits per heavy atom. The molecule has 1 unspecified atom stereocenters. The monoisotopic (exact) mass is 461 g/mol. The number of carbonyl (C=O) groups excluding carboxylic acids is 1. The summed E-state index contributed by atoms with van der Waals surface area (Å²) < 4.78 is 0. The van der Waals surface area contributed by atoms with Gasteiger partial charge in [-0.2, -0.15) is 4.99 Å². The zero-order valence-corrected chi connectivity index (χ0v) is 19.4. The lowest BCUT2D eigenvalue weighted by Crippen LogP contribution is -2.37. The first-order chi connectivity index (χ1) is 16.2. The van der Waals surface area contributed by atoms with Gasteiger partial charge in [0.05, 0.1) is 11.9 Å². The number of amidine groups is 1. The van der Waals surface area contributed by atoms with Crippen molar-refractivity contribution in [2.24, 2.45) is 10.9 Å². The Bertz CT molecular complexity index is 1130. The molecule has 3 aromatic rings. The maximum absolute atomic E-state index is 12.3. The first-order valence-corrected chi connectivity index (χ1v) is 12.3. The van der Waals surface area contributed by atoms with E-state index < -0.39 is 0 Å². The van der Waals surface area contributed by atoms with Gasteiger partial charge in [-0.1, -0.05) is 80.1 Å². The van der Waals surface area contributed by atoms with Crippen LogP contribution in [0.25, 0.3) is 22.5 Å². The van der Waals surface area contributed by atoms with Crippen LogP contribution in [0.3, 0.4) is 0 Å². The van der Waals surface area contributed by atoms with Gasteiger partial charge in [0.1, 0.15) is 0 Å². The smallest absolute Gasteiger partial charge is 0.251 e. The number of unbranched alkanes of at least 4 members (excludes halogenated alkanes) is 1. The van der Waals surface area contributed by atoms with Gasteiger partial charge in [0.25, 0.3) is 5.91 Å². The number of aromatic nitrogens is 4. The molecule has 1 aliphatic carbocycles. The van der Waals surface area contributed by atoms with E-state index in [0.717, 1.165) is 59.5 Å². The summed E-state index contributed by atoms with van der Waals surface area (Å²) in [6, 6.07) is 16.5. The molecule has 33 heavy (non-hydrogen) atoms. The molecule has 1 aromatic heterocycles. The van der Waals surface area contributed by atoms with E-state index in [4.69, 9.17) is 0 Å².